The van der Waals surface area contributed by atoms with Crippen LogP contribution < -0.4 is 0 Å². The normalized spacial score (nSPS) is 18.4. The minimum atomic E-state index is -4.40. The molecular formula is C12H10F3N5O. The van der Waals surface area contributed by atoms with Crippen molar-refractivity contribution in [3.8, 4) is 5.82 Å². The fraction of sp³-hybridized carbons (Fsp3) is 0.333. The Labute approximate surface area is 117 Å². The first-order valence-corrected chi connectivity index (χ1v) is 6.16. The summed E-state index contributed by atoms with van der Waals surface area (Å²) in [5, 5.41) is 7.51. The number of nitrogens with zero attached hydrogens (tertiary/aromatic N) is 5. The second-order valence-corrected chi connectivity index (χ2v) is 4.59. The number of hydrogen-bond acceptors (Lipinski definition) is 4. The van der Waals surface area contributed by atoms with Gasteiger partial charge >= 0.3 is 6.18 Å². The zero-order valence-corrected chi connectivity index (χ0v) is 10.7. The van der Waals surface area contributed by atoms with E-state index in [1.165, 1.54) is 18.5 Å². The van der Waals surface area contributed by atoms with Gasteiger partial charge in [0.15, 0.2) is 11.5 Å². The first kappa shape index (κ1) is 13.5. The lowest BCUT2D eigenvalue weighted by Crippen LogP contribution is -2.58. The summed E-state index contributed by atoms with van der Waals surface area (Å²) in [6, 6.07) is 1.14. The summed E-state index contributed by atoms with van der Waals surface area (Å²) < 4.78 is 39.5. The molecule has 2 aromatic rings. The number of amides is 1. The molecule has 2 aromatic heterocycles. The van der Waals surface area contributed by atoms with Gasteiger partial charge in [-0.05, 0) is 18.6 Å². The molecule has 0 radical (unpaired) electrons. The van der Waals surface area contributed by atoms with Gasteiger partial charge in [-0.2, -0.15) is 13.2 Å². The van der Waals surface area contributed by atoms with Crippen LogP contribution >= 0.6 is 0 Å². The van der Waals surface area contributed by atoms with Crippen molar-refractivity contribution in [3.63, 3.8) is 0 Å². The van der Waals surface area contributed by atoms with E-state index in [2.05, 4.69) is 15.2 Å². The highest BCUT2D eigenvalue weighted by Crippen LogP contribution is 2.34. The van der Waals surface area contributed by atoms with Gasteiger partial charge in [-0.15, -0.1) is 10.2 Å². The third-order valence-electron chi connectivity index (χ3n) is 3.30. The second-order valence-electron chi connectivity index (χ2n) is 4.59. The highest BCUT2D eigenvalue weighted by molar-refractivity contribution is 5.93. The molecule has 1 aliphatic heterocycles. The number of carbonyl (C=O) groups is 1. The van der Waals surface area contributed by atoms with Gasteiger partial charge in [0, 0.05) is 18.9 Å². The molecule has 1 fully saturated rings. The zero-order valence-electron chi connectivity index (χ0n) is 10.7. The number of rotatable bonds is 2. The average molecular weight is 297 g/mol. The van der Waals surface area contributed by atoms with Gasteiger partial charge < -0.3 is 4.90 Å². The molecule has 0 N–H and O–H groups in total. The molecule has 1 aliphatic rings. The van der Waals surface area contributed by atoms with Gasteiger partial charge in [0.05, 0.1) is 0 Å². The minimum absolute atomic E-state index is 0.0736. The molecule has 1 saturated heterocycles. The Morgan fingerprint density at radius 2 is 2.10 bits per heavy atom. The topological polar surface area (TPSA) is 63.9 Å². The van der Waals surface area contributed by atoms with Crippen molar-refractivity contribution in [3.05, 3.63) is 36.5 Å². The molecule has 21 heavy (non-hydrogen) atoms. The summed E-state index contributed by atoms with van der Waals surface area (Å²) in [5.41, 5.74) is -0.104. The van der Waals surface area contributed by atoms with Crippen molar-refractivity contribution in [1.29, 1.82) is 0 Å². The van der Waals surface area contributed by atoms with Crippen molar-refractivity contribution in [1.82, 2.24) is 24.6 Å². The standard InChI is InChI=1S/C12H10F3N5O/c13-12(14,15)9-3-5-20(9)11(21)8-1-2-10(18-17-8)19-6-4-16-7-19/h1-2,4,6-7,9H,3,5H2. The van der Waals surface area contributed by atoms with Gasteiger partial charge in [-0.1, -0.05) is 0 Å². The molecule has 0 saturated carbocycles. The third kappa shape index (κ3) is 2.46. The number of carbonyl (C=O) groups excluding carboxylic acids is 1. The fourth-order valence-corrected chi connectivity index (χ4v) is 2.09. The smallest absolute Gasteiger partial charge is 0.325 e. The second kappa shape index (κ2) is 4.83. The van der Waals surface area contributed by atoms with Gasteiger partial charge in [-0.25, -0.2) is 4.98 Å². The van der Waals surface area contributed by atoms with Crippen molar-refractivity contribution in [2.75, 3.05) is 6.54 Å². The lowest BCUT2D eigenvalue weighted by Gasteiger charge is -2.41. The molecule has 0 spiro atoms. The molecule has 3 heterocycles. The largest absolute Gasteiger partial charge is 0.408 e. The lowest BCUT2D eigenvalue weighted by molar-refractivity contribution is -0.199. The maximum atomic E-state index is 12.6. The van der Waals surface area contributed by atoms with E-state index in [1.807, 2.05) is 0 Å². The van der Waals surface area contributed by atoms with Crippen LogP contribution in [0.1, 0.15) is 16.9 Å². The Morgan fingerprint density at radius 1 is 1.29 bits per heavy atom. The van der Waals surface area contributed by atoms with Gasteiger partial charge in [-0.3, -0.25) is 9.36 Å². The molecule has 1 unspecified atom stereocenters. The quantitative estimate of drug-likeness (QED) is 0.841. The van der Waals surface area contributed by atoms with Gasteiger partial charge in [0.1, 0.15) is 12.4 Å². The van der Waals surface area contributed by atoms with E-state index in [4.69, 9.17) is 0 Å². The van der Waals surface area contributed by atoms with Gasteiger partial charge in [0.2, 0.25) is 0 Å². The summed E-state index contributed by atoms with van der Waals surface area (Å²) in [6.45, 7) is 0.0773. The zero-order chi connectivity index (χ0) is 15.0. The predicted octanol–water partition coefficient (Wildman–Crippen LogP) is 1.44. The van der Waals surface area contributed by atoms with Crippen LogP contribution in [0, 0.1) is 0 Å². The fourth-order valence-electron chi connectivity index (χ4n) is 2.09. The Hall–Kier alpha value is -2.45. The summed E-state index contributed by atoms with van der Waals surface area (Å²) in [6.07, 6.45) is 0.212. The summed E-state index contributed by atoms with van der Waals surface area (Å²) in [4.78, 5) is 16.6. The first-order chi connectivity index (χ1) is 9.97. The van der Waals surface area contributed by atoms with Crippen LogP contribution in [-0.2, 0) is 0 Å². The molecule has 1 amide bonds. The SMILES string of the molecule is O=C(c1ccc(-n2ccnc2)nn1)N1CCC1C(F)(F)F. The monoisotopic (exact) mass is 297 g/mol. The number of alkyl halides is 3. The Bertz CT molecular complexity index is 638. The van der Waals surface area contributed by atoms with E-state index in [-0.39, 0.29) is 18.7 Å². The molecule has 0 aromatic carbocycles. The Kier molecular flexibility index (Phi) is 3.11. The molecular weight excluding hydrogens is 287 g/mol. The molecule has 110 valence electrons. The number of likely N-dealkylation sites (tertiary alicyclic amines) is 1. The van der Waals surface area contributed by atoms with Crippen LogP contribution in [0.25, 0.3) is 5.82 Å². The molecule has 6 nitrogen and oxygen atoms in total. The Balaban J connectivity index is 1.77. The maximum Gasteiger partial charge on any atom is 0.408 e. The average Bonchev–Trinajstić information content (AvgIpc) is 2.89. The van der Waals surface area contributed by atoms with Crippen LogP contribution in [0.4, 0.5) is 13.2 Å². The van der Waals surface area contributed by atoms with E-state index in [9.17, 15) is 18.0 Å². The van der Waals surface area contributed by atoms with E-state index < -0.39 is 18.1 Å². The Morgan fingerprint density at radius 3 is 2.57 bits per heavy atom. The maximum absolute atomic E-state index is 12.6. The number of aromatic nitrogens is 4. The predicted molar refractivity (Wildman–Crippen MR) is 64.7 cm³/mol. The number of hydrogen-bond donors (Lipinski definition) is 0. The summed E-state index contributed by atoms with van der Waals surface area (Å²) in [7, 11) is 0. The van der Waals surface area contributed by atoms with Crippen molar-refractivity contribution >= 4 is 5.91 Å². The first-order valence-electron chi connectivity index (χ1n) is 6.16. The van der Waals surface area contributed by atoms with E-state index >= 15 is 0 Å². The van der Waals surface area contributed by atoms with Crippen LogP contribution in [0.5, 0.6) is 0 Å². The van der Waals surface area contributed by atoms with Crippen molar-refractivity contribution in [2.24, 2.45) is 0 Å². The molecule has 9 heteroatoms. The highest BCUT2D eigenvalue weighted by Gasteiger charge is 2.50. The van der Waals surface area contributed by atoms with E-state index in [1.54, 1.807) is 17.0 Å². The molecule has 0 bridgehead atoms. The summed E-state index contributed by atoms with van der Waals surface area (Å²) >= 11 is 0. The van der Waals surface area contributed by atoms with Crippen molar-refractivity contribution in [2.45, 2.75) is 18.6 Å². The van der Waals surface area contributed by atoms with Gasteiger partial charge in [0.25, 0.3) is 5.91 Å². The molecule has 3 rings (SSSR count). The highest BCUT2D eigenvalue weighted by atomic mass is 19.4. The number of halogens is 3. The van der Waals surface area contributed by atoms with E-state index in [0.29, 0.717) is 5.82 Å². The third-order valence-corrected chi connectivity index (χ3v) is 3.30. The van der Waals surface area contributed by atoms with Crippen LogP contribution in [0.15, 0.2) is 30.9 Å². The van der Waals surface area contributed by atoms with Crippen LogP contribution in [0.2, 0.25) is 0 Å². The minimum Gasteiger partial charge on any atom is -0.325 e. The molecule has 1 atom stereocenters. The van der Waals surface area contributed by atoms with Crippen molar-refractivity contribution < 1.29 is 18.0 Å². The molecule has 0 aliphatic carbocycles. The number of imidazole rings is 1. The lowest BCUT2D eigenvalue weighted by atomic mass is 10.0. The van der Waals surface area contributed by atoms with Crippen LogP contribution in [0.3, 0.4) is 0 Å². The summed E-state index contributed by atoms with van der Waals surface area (Å²) in [5.74, 6) is -0.326. The van der Waals surface area contributed by atoms with Crippen LogP contribution in [-0.4, -0.2) is 49.3 Å². The van der Waals surface area contributed by atoms with E-state index in [0.717, 1.165) is 4.90 Å².